The highest BCUT2D eigenvalue weighted by Crippen LogP contribution is 2.22. The third-order valence-electron chi connectivity index (χ3n) is 3.83. The molecule has 3 rings (SSSR count). The van der Waals surface area contributed by atoms with E-state index in [1.165, 1.54) is 0 Å². The Labute approximate surface area is 111 Å². The molecule has 0 bridgehead atoms. The zero-order chi connectivity index (χ0) is 13.2. The van der Waals surface area contributed by atoms with E-state index in [1.54, 1.807) is 0 Å². The first-order valence-electron chi connectivity index (χ1n) is 6.64. The van der Waals surface area contributed by atoms with Crippen molar-refractivity contribution in [2.24, 2.45) is 5.84 Å². The van der Waals surface area contributed by atoms with Crippen LogP contribution in [0.3, 0.4) is 0 Å². The van der Waals surface area contributed by atoms with Gasteiger partial charge >= 0.3 is 0 Å². The number of carbonyl (C=O) groups excluding carboxylic acids is 1. The van der Waals surface area contributed by atoms with E-state index in [-0.39, 0.29) is 18.1 Å². The fraction of sp³-hybridized carbons (Fsp3) is 0.667. The number of hydrogen-bond donors (Lipinski definition) is 2. The molecule has 1 aromatic rings. The van der Waals surface area contributed by atoms with Crippen LogP contribution < -0.4 is 11.3 Å². The summed E-state index contributed by atoms with van der Waals surface area (Å²) in [6.07, 6.45) is 5.23. The van der Waals surface area contributed by atoms with Crippen LogP contribution in [-0.2, 0) is 22.6 Å². The monoisotopic (exact) mass is 265 g/mol. The Hall–Kier alpha value is -1.44. The maximum Gasteiger partial charge on any atom is 0.263 e. The molecule has 0 aliphatic carbocycles. The van der Waals surface area contributed by atoms with E-state index in [2.05, 4.69) is 19.9 Å². The lowest BCUT2D eigenvalue weighted by Crippen LogP contribution is -2.41. The van der Waals surface area contributed by atoms with Gasteiger partial charge in [-0.15, -0.1) is 0 Å². The van der Waals surface area contributed by atoms with Crippen molar-refractivity contribution in [3.05, 3.63) is 18.2 Å². The van der Waals surface area contributed by atoms with Crippen LogP contribution in [0, 0.1) is 0 Å². The Bertz CT molecular complexity index is 461. The molecule has 7 heteroatoms. The number of carbonyl (C=O) groups is 1. The van der Waals surface area contributed by atoms with Crippen LogP contribution in [0.2, 0.25) is 0 Å². The van der Waals surface area contributed by atoms with E-state index in [0.29, 0.717) is 0 Å². The molecule has 1 aromatic heterocycles. The Morgan fingerprint density at radius 2 is 2.42 bits per heavy atom. The molecule has 2 unspecified atom stereocenters. The van der Waals surface area contributed by atoms with Crippen molar-refractivity contribution in [3.8, 4) is 0 Å². The fourth-order valence-electron chi connectivity index (χ4n) is 2.79. The van der Waals surface area contributed by atoms with Crippen LogP contribution in [0.1, 0.15) is 18.7 Å². The summed E-state index contributed by atoms with van der Waals surface area (Å²) in [6, 6.07) is 0. The van der Waals surface area contributed by atoms with E-state index < -0.39 is 0 Å². The number of ether oxygens (including phenoxy) is 1. The Morgan fingerprint density at radius 1 is 1.53 bits per heavy atom. The molecule has 0 spiro atoms. The van der Waals surface area contributed by atoms with Gasteiger partial charge in [-0.1, -0.05) is 0 Å². The van der Waals surface area contributed by atoms with Crippen LogP contribution in [0.5, 0.6) is 0 Å². The van der Waals surface area contributed by atoms with Gasteiger partial charge in [0.1, 0.15) is 11.9 Å². The number of hydrazine groups is 1. The van der Waals surface area contributed by atoms with Gasteiger partial charge in [0, 0.05) is 32.0 Å². The Morgan fingerprint density at radius 3 is 3.26 bits per heavy atom. The second kappa shape index (κ2) is 5.28. The predicted molar refractivity (Wildman–Crippen MR) is 67.7 cm³/mol. The number of nitrogens with zero attached hydrogens (tertiary/aromatic N) is 3. The lowest BCUT2D eigenvalue weighted by molar-refractivity contribution is -0.132. The molecule has 1 fully saturated rings. The maximum atomic E-state index is 11.4. The molecule has 0 radical (unpaired) electrons. The van der Waals surface area contributed by atoms with E-state index in [9.17, 15) is 4.79 Å². The van der Waals surface area contributed by atoms with Crippen LogP contribution in [-0.4, -0.2) is 45.7 Å². The molecular weight excluding hydrogens is 246 g/mol. The second-order valence-electron chi connectivity index (χ2n) is 5.10. The van der Waals surface area contributed by atoms with Crippen molar-refractivity contribution in [2.45, 2.75) is 38.1 Å². The summed E-state index contributed by atoms with van der Waals surface area (Å²) < 4.78 is 7.90. The first-order chi connectivity index (χ1) is 9.26. The van der Waals surface area contributed by atoms with Crippen LogP contribution in [0.4, 0.5) is 0 Å². The molecule has 3 N–H and O–H groups in total. The van der Waals surface area contributed by atoms with Crippen molar-refractivity contribution in [1.29, 1.82) is 0 Å². The minimum Gasteiger partial charge on any atom is -0.364 e. The summed E-state index contributed by atoms with van der Waals surface area (Å²) in [5.41, 5.74) is 2.15. The highest BCUT2D eigenvalue weighted by molar-refractivity contribution is 5.80. The molecule has 0 aromatic carbocycles. The SMILES string of the molecule is NNC(=O)C1CCC(CN2CCn3ccnc3C2)O1. The zero-order valence-corrected chi connectivity index (χ0v) is 10.8. The van der Waals surface area contributed by atoms with E-state index >= 15 is 0 Å². The van der Waals surface area contributed by atoms with Crippen molar-refractivity contribution in [3.63, 3.8) is 0 Å². The van der Waals surface area contributed by atoms with Crippen LogP contribution >= 0.6 is 0 Å². The van der Waals surface area contributed by atoms with Gasteiger partial charge in [0.25, 0.3) is 5.91 Å². The smallest absolute Gasteiger partial charge is 0.263 e. The minimum absolute atomic E-state index is 0.115. The number of aromatic nitrogens is 2. The van der Waals surface area contributed by atoms with Gasteiger partial charge in [-0.05, 0) is 12.8 Å². The summed E-state index contributed by atoms with van der Waals surface area (Å²) in [4.78, 5) is 18.1. The molecule has 7 nitrogen and oxygen atoms in total. The van der Waals surface area contributed by atoms with Gasteiger partial charge in [-0.25, -0.2) is 10.8 Å². The normalized spacial score (nSPS) is 27.2. The summed E-state index contributed by atoms with van der Waals surface area (Å²) in [5, 5.41) is 0. The first kappa shape index (κ1) is 12.6. The largest absolute Gasteiger partial charge is 0.364 e. The highest BCUT2D eigenvalue weighted by atomic mass is 16.5. The summed E-state index contributed by atoms with van der Waals surface area (Å²) in [6.45, 7) is 3.66. The molecule has 104 valence electrons. The Kier molecular flexibility index (Phi) is 3.50. The number of rotatable bonds is 3. The average molecular weight is 265 g/mol. The molecular formula is C12H19N5O2. The second-order valence-corrected chi connectivity index (χ2v) is 5.10. The third-order valence-corrected chi connectivity index (χ3v) is 3.83. The van der Waals surface area contributed by atoms with Gasteiger partial charge in [-0.3, -0.25) is 15.1 Å². The van der Waals surface area contributed by atoms with Crippen molar-refractivity contribution >= 4 is 5.91 Å². The topological polar surface area (TPSA) is 85.4 Å². The number of nitrogens with two attached hydrogens (primary N) is 1. The Balaban J connectivity index is 1.52. The predicted octanol–water partition coefficient (Wildman–Crippen LogP) is -0.764. The number of imidazole rings is 1. The third kappa shape index (κ3) is 2.63. The van der Waals surface area contributed by atoms with Crippen LogP contribution in [0.25, 0.3) is 0 Å². The summed E-state index contributed by atoms with van der Waals surface area (Å²) in [7, 11) is 0. The number of fused-ring (bicyclic) bond motifs is 1. The summed E-state index contributed by atoms with van der Waals surface area (Å²) in [5.74, 6) is 5.99. The molecule has 19 heavy (non-hydrogen) atoms. The van der Waals surface area contributed by atoms with Gasteiger partial charge in [0.15, 0.2) is 0 Å². The number of amides is 1. The summed E-state index contributed by atoms with van der Waals surface area (Å²) >= 11 is 0. The molecule has 2 atom stereocenters. The first-order valence-corrected chi connectivity index (χ1v) is 6.64. The standard InChI is InChI=1S/C12H19N5O2/c13-15-12(18)10-2-1-9(19-10)7-16-5-6-17-4-3-14-11(17)8-16/h3-4,9-10H,1-2,5-8,13H2,(H,15,18). The molecule has 1 saturated heterocycles. The van der Waals surface area contributed by atoms with Gasteiger partial charge < -0.3 is 9.30 Å². The molecule has 1 amide bonds. The molecule has 2 aliphatic heterocycles. The molecule has 3 heterocycles. The lowest BCUT2D eigenvalue weighted by atomic mass is 10.2. The van der Waals surface area contributed by atoms with Crippen molar-refractivity contribution < 1.29 is 9.53 Å². The van der Waals surface area contributed by atoms with E-state index in [1.807, 2.05) is 12.4 Å². The number of nitrogens with one attached hydrogen (secondary N) is 1. The molecule has 0 saturated carbocycles. The quantitative estimate of drug-likeness (QED) is 0.426. The van der Waals surface area contributed by atoms with E-state index in [0.717, 1.165) is 44.8 Å². The van der Waals surface area contributed by atoms with Crippen LogP contribution in [0.15, 0.2) is 12.4 Å². The van der Waals surface area contributed by atoms with Gasteiger partial charge in [0.05, 0.1) is 12.6 Å². The highest BCUT2D eigenvalue weighted by Gasteiger charge is 2.32. The maximum absolute atomic E-state index is 11.4. The number of hydrogen-bond acceptors (Lipinski definition) is 5. The van der Waals surface area contributed by atoms with Gasteiger partial charge in [-0.2, -0.15) is 0 Å². The molecule has 2 aliphatic rings. The fourth-order valence-corrected chi connectivity index (χ4v) is 2.79. The van der Waals surface area contributed by atoms with E-state index in [4.69, 9.17) is 10.6 Å². The van der Waals surface area contributed by atoms with Crippen molar-refractivity contribution in [1.82, 2.24) is 19.9 Å². The van der Waals surface area contributed by atoms with Gasteiger partial charge in [0.2, 0.25) is 0 Å². The van der Waals surface area contributed by atoms with Crippen molar-refractivity contribution in [2.75, 3.05) is 13.1 Å². The zero-order valence-electron chi connectivity index (χ0n) is 10.8. The average Bonchev–Trinajstić information content (AvgIpc) is 3.06. The lowest BCUT2D eigenvalue weighted by Gasteiger charge is -2.29. The minimum atomic E-state index is -0.387.